The molecule has 0 N–H and O–H groups in total. The molecular weight excluding hydrogens is 224 g/mol. The second kappa shape index (κ2) is 4.64. The van der Waals surface area contributed by atoms with E-state index in [0.29, 0.717) is 18.1 Å². The van der Waals surface area contributed by atoms with E-state index < -0.39 is 0 Å². The molecule has 0 radical (unpaired) electrons. The van der Waals surface area contributed by atoms with Gasteiger partial charge in [-0.2, -0.15) is 0 Å². The maximum absolute atomic E-state index is 6.19. The molecule has 1 saturated heterocycles. The Kier molecular flexibility index (Phi) is 3.41. The summed E-state index contributed by atoms with van der Waals surface area (Å²) in [6.45, 7) is 4.31. The van der Waals surface area contributed by atoms with Crippen LogP contribution in [-0.2, 0) is 11.2 Å². The van der Waals surface area contributed by atoms with Crippen LogP contribution < -0.4 is 4.74 Å². The van der Waals surface area contributed by atoms with E-state index in [0.717, 1.165) is 22.8 Å². The first-order valence-electron chi connectivity index (χ1n) is 5.59. The zero-order chi connectivity index (χ0) is 11.7. The Morgan fingerprint density at radius 2 is 2.19 bits per heavy atom. The number of rotatable bonds is 4. The lowest BCUT2D eigenvalue weighted by atomic mass is 9.96. The van der Waals surface area contributed by atoms with Gasteiger partial charge in [0.25, 0.3) is 0 Å². The van der Waals surface area contributed by atoms with Gasteiger partial charge in [0.2, 0.25) is 0 Å². The highest BCUT2D eigenvalue weighted by Gasteiger charge is 2.38. The molecule has 2 rings (SSSR count). The summed E-state index contributed by atoms with van der Waals surface area (Å²) in [7, 11) is 1.65. The maximum atomic E-state index is 6.19. The summed E-state index contributed by atoms with van der Waals surface area (Å²) in [6.07, 6.45) is 1.77. The molecule has 1 aromatic carbocycles. The van der Waals surface area contributed by atoms with Crippen LogP contribution in [0.15, 0.2) is 18.2 Å². The predicted molar refractivity (Wildman–Crippen MR) is 65.2 cm³/mol. The van der Waals surface area contributed by atoms with E-state index in [1.54, 1.807) is 7.11 Å². The van der Waals surface area contributed by atoms with Crippen molar-refractivity contribution in [1.82, 2.24) is 0 Å². The van der Waals surface area contributed by atoms with Crippen LogP contribution in [0.25, 0.3) is 0 Å². The fourth-order valence-corrected chi connectivity index (χ4v) is 2.33. The average molecular weight is 241 g/mol. The van der Waals surface area contributed by atoms with Crippen molar-refractivity contribution >= 4 is 11.6 Å². The van der Waals surface area contributed by atoms with E-state index in [4.69, 9.17) is 21.1 Å². The molecule has 1 fully saturated rings. The van der Waals surface area contributed by atoms with Crippen LogP contribution in [0.5, 0.6) is 5.75 Å². The summed E-state index contributed by atoms with van der Waals surface area (Å²) in [5.74, 6) is 1.32. The Morgan fingerprint density at radius 1 is 1.50 bits per heavy atom. The third kappa shape index (κ3) is 2.50. The van der Waals surface area contributed by atoms with Crippen LogP contribution in [0.1, 0.15) is 19.4 Å². The Labute approximate surface area is 102 Å². The fourth-order valence-electron chi connectivity index (χ4n) is 2.08. The van der Waals surface area contributed by atoms with Crippen molar-refractivity contribution in [2.45, 2.75) is 32.5 Å². The molecule has 0 saturated carbocycles. The number of epoxide rings is 1. The maximum Gasteiger partial charge on any atom is 0.120 e. The summed E-state index contributed by atoms with van der Waals surface area (Å²) >= 11 is 6.19. The highest BCUT2D eigenvalue weighted by molar-refractivity contribution is 6.31. The van der Waals surface area contributed by atoms with E-state index in [1.807, 2.05) is 18.2 Å². The van der Waals surface area contributed by atoms with Crippen molar-refractivity contribution in [3.8, 4) is 5.75 Å². The summed E-state index contributed by atoms with van der Waals surface area (Å²) in [5.41, 5.74) is 1.16. The minimum Gasteiger partial charge on any atom is -0.497 e. The van der Waals surface area contributed by atoms with Gasteiger partial charge in [-0.1, -0.05) is 24.6 Å². The minimum absolute atomic E-state index is 0.401. The summed E-state index contributed by atoms with van der Waals surface area (Å²) in [5, 5.41) is 0.777. The average Bonchev–Trinajstić information content (AvgIpc) is 2.98. The van der Waals surface area contributed by atoms with Gasteiger partial charge >= 0.3 is 0 Å². The van der Waals surface area contributed by atoms with Gasteiger partial charge in [0.15, 0.2) is 0 Å². The zero-order valence-electron chi connectivity index (χ0n) is 9.87. The molecule has 0 amide bonds. The molecule has 3 heteroatoms. The highest BCUT2D eigenvalue weighted by atomic mass is 35.5. The van der Waals surface area contributed by atoms with Crippen LogP contribution in [0.3, 0.4) is 0 Å². The molecule has 0 aliphatic carbocycles. The number of hydrogen-bond acceptors (Lipinski definition) is 2. The number of methoxy groups -OCH3 is 1. The Balaban J connectivity index is 2.03. The molecule has 3 atom stereocenters. The Bertz CT molecular complexity index is 378. The normalized spacial score (nSPS) is 25.2. The molecular formula is C13H17ClO2. The van der Waals surface area contributed by atoms with Gasteiger partial charge < -0.3 is 9.47 Å². The quantitative estimate of drug-likeness (QED) is 0.754. The van der Waals surface area contributed by atoms with Crippen molar-refractivity contribution in [2.75, 3.05) is 7.11 Å². The van der Waals surface area contributed by atoms with Gasteiger partial charge in [-0.05, 0) is 37.0 Å². The lowest BCUT2D eigenvalue weighted by Gasteiger charge is -2.11. The lowest BCUT2D eigenvalue weighted by molar-refractivity contribution is 0.328. The molecule has 1 aliphatic rings. The second-order valence-electron chi connectivity index (χ2n) is 4.44. The highest BCUT2D eigenvalue weighted by Crippen LogP contribution is 2.33. The van der Waals surface area contributed by atoms with E-state index in [1.165, 1.54) is 0 Å². The Morgan fingerprint density at radius 3 is 2.69 bits per heavy atom. The third-order valence-corrected chi connectivity index (χ3v) is 3.47. The molecule has 88 valence electrons. The largest absolute Gasteiger partial charge is 0.497 e. The number of ether oxygens (including phenoxy) is 2. The first kappa shape index (κ1) is 11.7. The van der Waals surface area contributed by atoms with E-state index in [2.05, 4.69) is 13.8 Å². The zero-order valence-corrected chi connectivity index (χ0v) is 10.6. The second-order valence-corrected chi connectivity index (χ2v) is 4.85. The molecule has 2 nitrogen and oxygen atoms in total. The van der Waals surface area contributed by atoms with E-state index in [-0.39, 0.29) is 0 Å². The standard InChI is InChI=1S/C13H17ClO2/c1-8(13-9(2)16-13)6-10-4-5-11(15-3)7-12(10)14/h4-5,7-9,13H,6H2,1-3H3. The summed E-state index contributed by atoms with van der Waals surface area (Å²) in [6, 6.07) is 5.84. The van der Waals surface area contributed by atoms with Crippen LogP contribution >= 0.6 is 11.6 Å². The SMILES string of the molecule is COc1ccc(CC(C)C2OC2C)c(Cl)c1. The molecule has 1 aliphatic heterocycles. The van der Waals surface area contributed by atoms with Gasteiger partial charge in [0.1, 0.15) is 5.75 Å². The van der Waals surface area contributed by atoms with Gasteiger partial charge in [-0.3, -0.25) is 0 Å². The minimum atomic E-state index is 0.401. The van der Waals surface area contributed by atoms with Crippen LogP contribution in [-0.4, -0.2) is 19.3 Å². The fraction of sp³-hybridized carbons (Fsp3) is 0.538. The first-order valence-corrected chi connectivity index (χ1v) is 5.97. The van der Waals surface area contributed by atoms with Crippen molar-refractivity contribution in [1.29, 1.82) is 0 Å². The monoisotopic (exact) mass is 240 g/mol. The van der Waals surface area contributed by atoms with Crippen LogP contribution in [0, 0.1) is 5.92 Å². The smallest absolute Gasteiger partial charge is 0.120 e. The van der Waals surface area contributed by atoms with Crippen molar-refractivity contribution in [3.05, 3.63) is 28.8 Å². The molecule has 0 spiro atoms. The molecule has 0 aromatic heterocycles. The van der Waals surface area contributed by atoms with Gasteiger partial charge in [-0.25, -0.2) is 0 Å². The van der Waals surface area contributed by atoms with Gasteiger partial charge in [0, 0.05) is 5.02 Å². The van der Waals surface area contributed by atoms with Crippen molar-refractivity contribution < 1.29 is 9.47 Å². The van der Waals surface area contributed by atoms with Crippen LogP contribution in [0.2, 0.25) is 5.02 Å². The predicted octanol–water partition coefficient (Wildman–Crippen LogP) is 3.31. The first-order chi connectivity index (χ1) is 7.61. The van der Waals surface area contributed by atoms with E-state index in [9.17, 15) is 0 Å². The summed E-state index contributed by atoms with van der Waals surface area (Å²) < 4.78 is 10.6. The third-order valence-electron chi connectivity index (χ3n) is 3.12. The Hall–Kier alpha value is -0.730. The van der Waals surface area contributed by atoms with Gasteiger partial charge in [0.05, 0.1) is 19.3 Å². The van der Waals surface area contributed by atoms with Crippen LogP contribution in [0.4, 0.5) is 0 Å². The number of hydrogen-bond donors (Lipinski definition) is 0. The summed E-state index contributed by atoms with van der Waals surface area (Å²) in [4.78, 5) is 0. The molecule has 16 heavy (non-hydrogen) atoms. The lowest BCUT2D eigenvalue weighted by Crippen LogP contribution is -2.09. The van der Waals surface area contributed by atoms with E-state index >= 15 is 0 Å². The number of benzene rings is 1. The molecule has 1 heterocycles. The molecule has 0 bridgehead atoms. The van der Waals surface area contributed by atoms with Gasteiger partial charge in [-0.15, -0.1) is 0 Å². The van der Waals surface area contributed by atoms with Crippen molar-refractivity contribution in [3.63, 3.8) is 0 Å². The van der Waals surface area contributed by atoms with Crippen molar-refractivity contribution in [2.24, 2.45) is 5.92 Å². The molecule has 1 aromatic rings. The number of halogens is 1. The molecule has 3 unspecified atom stereocenters. The topological polar surface area (TPSA) is 21.8 Å².